The molecule has 1 atom stereocenters. The van der Waals surface area contributed by atoms with Crippen LogP contribution in [0.4, 0.5) is 5.69 Å². The first-order chi connectivity index (χ1) is 13.5. The second-order valence-corrected chi connectivity index (χ2v) is 8.64. The minimum Gasteiger partial charge on any atom is -0.321 e. The van der Waals surface area contributed by atoms with Gasteiger partial charge in [-0.25, -0.2) is 0 Å². The molecule has 3 aromatic rings. The minimum atomic E-state index is -0.170. The first-order valence-corrected chi connectivity index (χ1v) is 10.6. The lowest BCUT2D eigenvalue weighted by molar-refractivity contribution is 0.102. The van der Waals surface area contributed by atoms with Gasteiger partial charge in [0.1, 0.15) is 0 Å². The first kappa shape index (κ1) is 18.9. The Hall–Kier alpha value is -2.43. The minimum absolute atomic E-state index is 0.167. The van der Waals surface area contributed by atoms with Crippen molar-refractivity contribution >= 4 is 40.3 Å². The topological polar surface area (TPSA) is 46.2 Å². The van der Waals surface area contributed by atoms with Gasteiger partial charge in [0.15, 0.2) is 5.78 Å². The number of carbonyl (C=O) groups excluding carboxylic acids is 2. The summed E-state index contributed by atoms with van der Waals surface area (Å²) in [7, 11) is 0. The number of hydrogen-bond acceptors (Lipinski definition) is 3. The number of carbonyl (C=O) groups is 2. The Morgan fingerprint density at radius 1 is 1.11 bits per heavy atom. The summed E-state index contributed by atoms with van der Waals surface area (Å²) < 4.78 is 0. The van der Waals surface area contributed by atoms with Crippen molar-refractivity contribution in [3.8, 4) is 0 Å². The number of ketones is 1. The van der Waals surface area contributed by atoms with Crippen molar-refractivity contribution in [3.63, 3.8) is 0 Å². The van der Waals surface area contributed by atoms with Gasteiger partial charge in [0.05, 0.1) is 11.3 Å². The first-order valence-electron chi connectivity index (χ1n) is 9.33. The number of halogens is 1. The summed E-state index contributed by atoms with van der Waals surface area (Å²) in [5.41, 5.74) is 3.31. The molecule has 3 nitrogen and oxygen atoms in total. The Kier molecular flexibility index (Phi) is 5.33. The van der Waals surface area contributed by atoms with Crippen LogP contribution in [0.5, 0.6) is 0 Å². The fourth-order valence-corrected chi connectivity index (χ4v) is 5.03. The van der Waals surface area contributed by atoms with Gasteiger partial charge >= 0.3 is 0 Å². The van der Waals surface area contributed by atoms with Crippen LogP contribution in [-0.2, 0) is 12.8 Å². The molecule has 0 fully saturated rings. The number of thiophene rings is 1. The van der Waals surface area contributed by atoms with Crippen LogP contribution < -0.4 is 5.32 Å². The van der Waals surface area contributed by atoms with E-state index in [0.29, 0.717) is 27.8 Å². The summed E-state index contributed by atoms with van der Waals surface area (Å²) in [6.45, 7) is 2.25. The second-order valence-electron chi connectivity index (χ2n) is 7.24. The van der Waals surface area contributed by atoms with E-state index >= 15 is 0 Å². The van der Waals surface area contributed by atoms with Gasteiger partial charge in [-0.3, -0.25) is 9.59 Å². The summed E-state index contributed by atoms with van der Waals surface area (Å²) in [5, 5.41) is 5.34. The zero-order valence-corrected chi connectivity index (χ0v) is 17.1. The van der Waals surface area contributed by atoms with Gasteiger partial charge in [-0.05, 0) is 48.9 Å². The molecular weight excluding hydrogens is 390 g/mol. The van der Waals surface area contributed by atoms with Crippen LogP contribution in [0.1, 0.15) is 50.1 Å². The number of amides is 1. The van der Waals surface area contributed by atoms with Crippen molar-refractivity contribution < 1.29 is 9.59 Å². The van der Waals surface area contributed by atoms with E-state index in [9.17, 15) is 9.59 Å². The van der Waals surface area contributed by atoms with E-state index in [1.807, 2.05) is 23.6 Å². The van der Waals surface area contributed by atoms with Gasteiger partial charge in [0, 0.05) is 26.4 Å². The fourth-order valence-electron chi connectivity index (χ4n) is 3.62. The quantitative estimate of drug-likeness (QED) is 0.536. The molecule has 1 aliphatic carbocycles. The number of nitrogens with one attached hydrogen (secondary N) is 1. The highest BCUT2D eigenvalue weighted by Gasteiger charge is 2.24. The zero-order valence-electron chi connectivity index (χ0n) is 15.5. The van der Waals surface area contributed by atoms with Crippen molar-refractivity contribution in [2.45, 2.75) is 26.2 Å². The molecule has 1 aliphatic rings. The molecule has 142 valence electrons. The maximum Gasteiger partial charge on any atom is 0.256 e. The number of benzene rings is 2. The predicted molar refractivity (Wildman–Crippen MR) is 115 cm³/mol. The van der Waals surface area contributed by atoms with Gasteiger partial charge < -0.3 is 5.32 Å². The lowest BCUT2D eigenvalue weighted by Crippen LogP contribution is -2.18. The summed E-state index contributed by atoms with van der Waals surface area (Å²) in [5.74, 6) is 0.324. The number of rotatable bonds is 4. The van der Waals surface area contributed by atoms with E-state index < -0.39 is 0 Å². The third kappa shape index (κ3) is 3.75. The van der Waals surface area contributed by atoms with Crippen LogP contribution in [0.15, 0.2) is 53.9 Å². The molecule has 5 heteroatoms. The van der Waals surface area contributed by atoms with Crippen molar-refractivity contribution in [2.75, 3.05) is 5.32 Å². The smallest absolute Gasteiger partial charge is 0.256 e. The van der Waals surface area contributed by atoms with Crippen molar-refractivity contribution in [1.29, 1.82) is 0 Å². The van der Waals surface area contributed by atoms with Crippen molar-refractivity contribution in [2.24, 2.45) is 5.92 Å². The summed E-state index contributed by atoms with van der Waals surface area (Å²) in [6.07, 6.45) is 3.06. The van der Waals surface area contributed by atoms with Gasteiger partial charge in [0.2, 0.25) is 0 Å². The van der Waals surface area contributed by atoms with E-state index in [1.54, 1.807) is 41.7 Å². The average molecular weight is 410 g/mol. The molecule has 0 saturated carbocycles. The largest absolute Gasteiger partial charge is 0.321 e. The van der Waals surface area contributed by atoms with Crippen LogP contribution in [0.25, 0.3) is 0 Å². The molecular formula is C23H20ClNO2S. The number of anilines is 1. The lowest BCUT2D eigenvalue weighted by Gasteiger charge is -2.19. The Bertz CT molecular complexity index is 1040. The van der Waals surface area contributed by atoms with Crippen LogP contribution in [-0.4, -0.2) is 11.7 Å². The molecule has 1 heterocycles. The van der Waals surface area contributed by atoms with E-state index in [2.05, 4.69) is 12.2 Å². The second kappa shape index (κ2) is 7.90. The lowest BCUT2D eigenvalue weighted by atomic mass is 9.88. The number of fused-ring (bicyclic) bond motifs is 1. The molecule has 1 aromatic heterocycles. The average Bonchev–Trinajstić information content (AvgIpc) is 3.12. The highest BCUT2D eigenvalue weighted by Crippen LogP contribution is 2.33. The highest BCUT2D eigenvalue weighted by molar-refractivity contribution is 7.10. The molecule has 4 rings (SSSR count). The standard InChI is InChI=1S/C23H20ClNO2S/c1-14-7-9-17-19(13-28-21(17)11-14)23(27)25-20-10-8-16(24)12-18(20)22(26)15-5-3-2-4-6-15/h2-6,8,10,12-14H,7,9,11H2,1H3,(H,25,27). The Morgan fingerprint density at radius 3 is 2.68 bits per heavy atom. The maximum atomic E-state index is 13.0. The molecule has 1 amide bonds. The van der Waals surface area contributed by atoms with E-state index in [-0.39, 0.29) is 11.7 Å². The normalized spacial score (nSPS) is 15.7. The van der Waals surface area contributed by atoms with Crippen LogP contribution >= 0.6 is 22.9 Å². The van der Waals surface area contributed by atoms with E-state index in [1.165, 1.54) is 4.88 Å². The third-order valence-corrected chi connectivity index (χ3v) is 6.44. The Labute approximate surface area is 173 Å². The number of hydrogen-bond donors (Lipinski definition) is 1. The highest BCUT2D eigenvalue weighted by atomic mass is 35.5. The molecule has 28 heavy (non-hydrogen) atoms. The SMILES string of the molecule is CC1CCc2c(C(=O)Nc3ccc(Cl)cc3C(=O)c3ccccc3)csc2C1. The van der Waals surface area contributed by atoms with Gasteiger partial charge in [0.25, 0.3) is 5.91 Å². The monoisotopic (exact) mass is 409 g/mol. The Morgan fingerprint density at radius 2 is 1.89 bits per heavy atom. The van der Waals surface area contributed by atoms with Crippen LogP contribution in [0.3, 0.4) is 0 Å². The molecule has 1 N–H and O–H groups in total. The molecule has 2 aromatic carbocycles. The Balaban J connectivity index is 1.64. The molecule has 0 bridgehead atoms. The predicted octanol–water partition coefficient (Wildman–Crippen LogP) is 6.01. The third-order valence-electron chi connectivity index (χ3n) is 5.16. The van der Waals surface area contributed by atoms with Crippen molar-refractivity contribution in [1.82, 2.24) is 0 Å². The zero-order chi connectivity index (χ0) is 19.7. The molecule has 0 saturated heterocycles. The summed E-state index contributed by atoms with van der Waals surface area (Å²) in [6, 6.07) is 14.0. The van der Waals surface area contributed by atoms with Gasteiger partial charge in [-0.15, -0.1) is 11.3 Å². The molecule has 0 spiro atoms. The molecule has 0 aliphatic heterocycles. The molecule has 0 radical (unpaired) electrons. The summed E-state index contributed by atoms with van der Waals surface area (Å²) >= 11 is 7.79. The van der Waals surface area contributed by atoms with Gasteiger partial charge in [-0.1, -0.05) is 48.9 Å². The van der Waals surface area contributed by atoms with E-state index in [4.69, 9.17) is 11.6 Å². The van der Waals surface area contributed by atoms with Crippen LogP contribution in [0.2, 0.25) is 5.02 Å². The maximum absolute atomic E-state index is 13.0. The fraction of sp³-hybridized carbons (Fsp3) is 0.217. The summed E-state index contributed by atoms with van der Waals surface area (Å²) in [4.78, 5) is 27.2. The van der Waals surface area contributed by atoms with E-state index in [0.717, 1.165) is 30.4 Å². The van der Waals surface area contributed by atoms with Crippen molar-refractivity contribution in [3.05, 3.63) is 86.1 Å². The van der Waals surface area contributed by atoms with Crippen LogP contribution in [0, 0.1) is 5.92 Å². The molecule has 1 unspecified atom stereocenters. The van der Waals surface area contributed by atoms with Gasteiger partial charge in [-0.2, -0.15) is 0 Å².